The minimum atomic E-state index is -0.0429. The normalized spacial score (nSPS) is 20.5. The van der Waals surface area contributed by atoms with Gasteiger partial charge in [0.15, 0.2) is 13.0 Å². The molecule has 0 aromatic heterocycles. The molecule has 1 aromatic rings. The van der Waals surface area contributed by atoms with Crippen molar-refractivity contribution >= 4 is 12.2 Å². The predicted octanol–water partition coefficient (Wildman–Crippen LogP) is 2.55. The first-order valence-electron chi connectivity index (χ1n) is 6.14. The summed E-state index contributed by atoms with van der Waals surface area (Å²) in [7, 11) is 0. The van der Waals surface area contributed by atoms with Gasteiger partial charge in [0, 0.05) is 6.42 Å². The topological polar surface area (TPSA) is 18.5 Å². The zero-order chi connectivity index (χ0) is 11.4. The quantitative estimate of drug-likeness (QED) is 0.726. The van der Waals surface area contributed by atoms with Crippen LogP contribution < -0.4 is 10.2 Å². The van der Waals surface area contributed by atoms with Gasteiger partial charge in [0.1, 0.15) is 5.75 Å². The summed E-state index contributed by atoms with van der Waals surface area (Å²) in [5.74, 6) is 0.913. The van der Waals surface area contributed by atoms with Gasteiger partial charge in [-0.1, -0.05) is 31.2 Å². The Hall–Kier alpha value is -0.955. The van der Waals surface area contributed by atoms with E-state index in [1.54, 1.807) is 0 Å². The van der Waals surface area contributed by atoms with Crippen LogP contribution in [0.4, 0.5) is 0 Å². The Kier molecular flexibility index (Phi) is 3.89. The van der Waals surface area contributed by atoms with E-state index < -0.39 is 0 Å². The fraction of sp³-hybridized carbons (Fsp3) is 0.538. The Bertz CT molecular complexity index is 315. The molecular weight excluding hydrogens is 199 g/mol. The van der Waals surface area contributed by atoms with Gasteiger partial charge < -0.3 is 9.47 Å². The summed E-state index contributed by atoms with van der Waals surface area (Å²) in [5, 5.41) is 0. The van der Waals surface area contributed by atoms with Crippen LogP contribution in [-0.4, -0.2) is 19.6 Å². The average Bonchev–Trinajstić information content (AvgIpc) is 2.31. The van der Waals surface area contributed by atoms with Crippen molar-refractivity contribution < 1.29 is 9.47 Å². The highest BCUT2D eigenvalue weighted by molar-refractivity contribution is 6.70. The maximum atomic E-state index is 5.77. The van der Waals surface area contributed by atoms with Crippen LogP contribution in [0.1, 0.15) is 19.3 Å². The van der Waals surface area contributed by atoms with Gasteiger partial charge in [-0.3, -0.25) is 0 Å². The Morgan fingerprint density at radius 1 is 1.19 bits per heavy atom. The zero-order valence-corrected chi connectivity index (χ0v) is 10.1. The molecule has 2 rings (SSSR count). The maximum absolute atomic E-state index is 5.77. The fourth-order valence-corrected chi connectivity index (χ4v) is 1.89. The van der Waals surface area contributed by atoms with Crippen molar-refractivity contribution in [3.63, 3.8) is 0 Å². The van der Waals surface area contributed by atoms with E-state index in [2.05, 4.69) is 25.8 Å². The molecule has 0 radical (unpaired) electrons. The highest BCUT2D eigenvalue weighted by Gasteiger charge is 2.15. The second kappa shape index (κ2) is 5.40. The van der Waals surface area contributed by atoms with Crippen molar-refractivity contribution in [1.29, 1.82) is 0 Å². The van der Waals surface area contributed by atoms with Crippen molar-refractivity contribution in [2.45, 2.75) is 39.2 Å². The number of hydrogen-bond acceptors (Lipinski definition) is 2. The smallest absolute Gasteiger partial charge is 0.199 e. The number of rotatable bonds is 3. The molecule has 0 bridgehead atoms. The van der Waals surface area contributed by atoms with Gasteiger partial charge in [-0.2, -0.15) is 0 Å². The van der Waals surface area contributed by atoms with E-state index in [9.17, 15) is 0 Å². The Balaban J connectivity index is 1.93. The fourth-order valence-electron chi connectivity index (χ4n) is 1.89. The van der Waals surface area contributed by atoms with Gasteiger partial charge in [0.25, 0.3) is 0 Å². The van der Waals surface area contributed by atoms with Crippen LogP contribution in [0.2, 0.25) is 13.6 Å². The molecule has 1 aliphatic rings. The first-order chi connectivity index (χ1) is 7.75. The van der Waals surface area contributed by atoms with Crippen LogP contribution in [0.5, 0.6) is 5.75 Å². The maximum Gasteiger partial charge on any atom is 0.199 e. The van der Waals surface area contributed by atoms with Crippen molar-refractivity contribution in [2.24, 2.45) is 0 Å². The van der Waals surface area contributed by atoms with Gasteiger partial charge in [0.2, 0.25) is 0 Å². The van der Waals surface area contributed by atoms with Crippen LogP contribution >= 0.6 is 0 Å². The van der Waals surface area contributed by atoms with Crippen LogP contribution in [0, 0.1) is 0 Å². The van der Waals surface area contributed by atoms with Crippen LogP contribution in [0.25, 0.3) is 0 Å². The summed E-state index contributed by atoms with van der Waals surface area (Å²) >= 11 is 0. The molecule has 0 saturated carbocycles. The van der Waals surface area contributed by atoms with Crippen LogP contribution in [0.15, 0.2) is 24.3 Å². The highest BCUT2D eigenvalue weighted by atomic mass is 16.7. The Morgan fingerprint density at radius 2 is 1.94 bits per heavy atom. The minimum absolute atomic E-state index is 0.0429. The molecule has 1 aromatic carbocycles. The molecule has 1 saturated heterocycles. The standard InChI is InChI=1S/C13H19BO2/c1-14(2)11-6-8-12(9-7-11)16-13-5-3-4-10-15-13/h6-9,13H,3-5,10H2,1-2H3. The first-order valence-corrected chi connectivity index (χ1v) is 6.14. The molecule has 86 valence electrons. The van der Waals surface area contributed by atoms with Crippen molar-refractivity contribution in [1.82, 2.24) is 0 Å². The van der Waals surface area contributed by atoms with Gasteiger partial charge in [-0.05, 0) is 25.0 Å². The lowest BCUT2D eigenvalue weighted by molar-refractivity contribution is -0.105. The van der Waals surface area contributed by atoms with Crippen LogP contribution in [0.3, 0.4) is 0 Å². The van der Waals surface area contributed by atoms with E-state index in [0.717, 1.165) is 25.2 Å². The summed E-state index contributed by atoms with van der Waals surface area (Å²) in [6, 6.07) is 8.33. The second-order valence-electron chi connectivity index (χ2n) is 4.64. The minimum Gasteiger partial charge on any atom is -0.465 e. The third-order valence-corrected chi connectivity index (χ3v) is 2.95. The molecule has 0 N–H and O–H groups in total. The van der Waals surface area contributed by atoms with Gasteiger partial charge >= 0.3 is 0 Å². The molecule has 2 nitrogen and oxygen atoms in total. The first kappa shape index (κ1) is 11.5. The molecule has 3 heteroatoms. The summed E-state index contributed by atoms with van der Waals surface area (Å²) in [5.41, 5.74) is 1.34. The molecule has 0 aliphatic carbocycles. The van der Waals surface area contributed by atoms with Gasteiger partial charge in [0.05, 0.1) is 6.61 Å². The molecule has 1 aliphatic heterocycles. The molecule has 16 heavy (non-hydrogen) atoms. The Labute approximate surface area is 98.0 Å². The molecule has 0 spiro atoms. The second-order valence-corrected chi connectivity index (χ2v) is 4.64. The molecule has 1 atom stereocenters. The highest BCUT2D eigenvalue weighted by Crippen LogP contribution is 2.18. The van der Waals surface area contributed by atoms with E-state index in [1.165, 1.54) is 11.9 Å². The zero-order valence-electron chi connectivity index (χ0n) is 10.1. The number of benzene rings is 1. The number of ether oxygens (including phenoxy) is 2. The molecular formula is C13H19BO2. The summed E-state index contributed by atoms with van der Waals surface area (Å²) in [6.07, 6.45) is 3.32. The average molecular weight is 218 g/mol. The summed E-state index contributed by atoms with van der Waals surface area (Å²) in [4.78, 5) is 0. The molecule has 1 heterocycles. The summed E-state index contributed by atoms with van der Waals surface area (Å²) in [6.45, 7) is 5.79. The molecule has 1 fully saturated rings. The largest absolute Gasteiger partial charge is 0.465 e. The van der Waals surface area contributed by atoms with Crippen LogP contribution in [-0.2, 0) is 4.74 Å². The lowest BCUT2D eigenvalue weighted by atomic mass is 9.49. The van der Waals surface area contributed by atoms with Crippen molar-refractivity contribution in [3.8, 4) is 5.75 Å². The molecule has 1 unspecified atom stereocenters. The number of hydrogen-bond donors (Lipinski definition) is 0. The van der Waals surface area contributed by atoms with E-state index in [1.807, 2.05) is 12.1 Å². The van der Waals surface area contributed by atoms with E-state index in [0.29, 0.717) is 6.71 Å². The van der Waals surface area contributed by atoms with E-state index >= 15 is 0 Å². The third kappa shape index (κ3) is 3.02. The third-order valence-electron chi connectivity index (χ3n) is 2.95. The van der Waals surface area contributed by atoms with Gasteiger partial charge in [-0.25, -0.2) is 0 Å². The van der Waals surface area contributed by atoms with E-state index in [4.69, 9.17) is 9.47 Å². The molecule has 0 amide bonds. The SMILES string of the molecule is CB(C)c1ccc(OC2CCCCO2)cc1. The summed E-state index contributed by atoms with van der Waals surface area (Å²) < 4.78 is 11.3. The lowest BCUT2D eigenvalue weighted by Gasteiger charge is -2.23. The lowest BCUT2D eigenvalue weighted by Crippen LogP contribution is -2.26. The van der Waals surface area contributed by atoms with Crippen molar-refractivity contribution in [2.75, 3.05) is 6.61 Å². The predicted molar refractivity (Wildman–Crippen MR) is 67.8 cm³/mol. The van der Waals surface area contributed by atoms with E-state index in [-0.39, 0.29) is 6.29 Å². The Morgan fingerprint density at radius 3 is 2.50 bits per heavy atom. The van der Waals surface area contributed by atoms with Gasteiger partial charge in [-0.15, -0.1) is 0 Å². The monoisotopic (exact) mass is 218 g/mol. The van der Waals surface area contributed by atoms with Crippen molar-refractivity contribution in [3.05, 3.63) is 24.3 Å².